The van der Waals surface area contributed by atoms with Crippen molar-refractivity contribution in [3.05, 3.63) is 53.6 Å². The first kappa shape index (κ1) is 22.5. The Balaban J connectivity index is 1.63. The van der Waals surface area contributed by atoms with E-state index in [1.165, 1.54) is 19.2 Å². The SMILES string of the molecule is COc1ccc(S(=O)(=O)NCCNC(=O)NCCOc2ccc(C)cc2C)cc1. The lowest BCUT2D eigenvalue weighted by molar-refractivity contribution is 0.236. The van der Waals surface area contributed by atoms with Crippen LogP contribution >= 0.6 is 0 Å². The predicted octanol–water partition coefficient (Wildman–Crippen LogP) is 1.97. The monoisotopic (exact) mass is 421 g/mol. The van der Waals surface area contributed by atoms with E-state index in [4.69, 9.17) is 9.47 Å². The van der Waals surface area contributed by atoms with Gasteiger partial charge in [-0.1, -0.05) is 17.7 Å². The van der Waals surface area contributed by atoms with E-state index >= 15 is 0 Å². The fraction of sp³-hybridized carbons (Fsp3) is 0.350. The zero-order valence-electron chi connectivity index (χ0n) is 16.8. The van der Waals surface area contributed by atoms with Gasteiger partial charge in [-0.25, -0.2) is 17.9 Å². The molecule has 158 valence electrons. The van der Waals surface area contributed by atoms with Crippen LogP contribution in [0.15, 0.2) is 47.4 Å². The maximum atomic E-state index is 12.2. The second-order valence-corrected chi connectivity index (χ2v) is 8.14. The highest BCUT2D eigenvalue weighted by molar-refractivity contribution is 7.89. The van der Waals surface area contributed by atoms with Crippen molar-refractivity contribution in [2.75, 3.05) is 33.4 Å². The number of sulfonamides is 1. The lowest BCUT2D eigenvalue weighted by Gasteiger charge is -2.11. The summed E-state index contributed by atoms with van der Waals surface area (Å²) < 4.78 is 37.4. The van der Waals surface area contributed by atoms with E-state index in [-0.39, 0.29) is 18.0 Å². The molecule has 0 bridgehead atoms. The second-order valence-electron chi connectivity index (χ2n) is 6.37. The molecule has 8 nitrogen and oxygen atoms in total. The molecule has 0 unspecified atom stereocenters. The Labute approximate surface area is 171 Å². The van der Waals surface area contributed by atoms with E-state index in [1.54, 1.807) is 12.1 Å². The van der Waals surface area contributed by atoms with Crippen molar-refractivity contribution in [3.8, 4) is 11.5 Å². The molecule has 0 aliphatic carbocycles. The van der Waals surface area contributed by atoms with Crippen molar-refractivity contribution in [1.29, 1.82) is 0 Å². The fourth-order valence-corrected chi connectivity index (χ4v) is 3.58. The molecular formula is C20H27N3O5S. The highest BCUT2D eigenvalue weighted by Crippen LogP contribution is 2.18. The number of hydrogen-bond acceptors (Lipinski definition) is 5. The number of benzene rings is 2. The van der Waals surface area contributed by atoms with Crippen LogP contribution in [0.25, 0.3) is 0 Å². The summed E-state index contributed by atoms with van der Waals surface area (Å²) in [5.74, 6) is 1.36. The Hall–Kier alpha value is -2.78. The molecule has 0 spiro atoms. The van der Waals surface area contributed by atoms with Gasteiger partial charge in [0.25, 0.3) is 0 Å². The van der Waals surface area contributed by atoms with Crippen LogP contribution in [0.5, 0.6) is 11.5 Å². The van der Waals surface area contributed by atoms with Gasteiger partial charge >= 0.3 is 6.03 Å². The fourth-order valence-electron chi connectivity index (χ4n) is 2.55. The average molecular weight is 422 g/mol. The normalized spacial score (nSPS) is 11.0. The molecular weight excluding hydrogens is 394 g/mol. The number of methoxy groups -OCH3 is 1. The summed E-state index contributed by atoms with van der Waals surface area (Å²) in [6, 6.07) is 11.6. The minimum absolute atomic E-state index is 0.0703. The number of rotatable bonds is 10. The van der Waals surface area contributed by atoms with Crippen LogP contribution in [0.1, 0.15) is 11.1 Å². The lowest BCUT2D eigenvalue weighted by Crippen LogP contribution is -2.41. The van der Waals surface area contributed by atoms with Gasteiger partial charge in [0.05, 0.1) is 18.6 Å². The zero-order chi connectivity index (χ0) is 21.3. The van der Waals surface area contributed by atoms with Gasteiger partial charge in [0, 0.05) is 13.1 Å². The first-order valence-electron chi connectivity index (χ1n) is 9.17. The van der Waals surface area contributed by atoms with Crippen LogP contribution in [-0.4, -0.2) is 47.8 Å². The van der Waals surface area contributed by atoms with E-state index in [2.05, 4.69) is 15.4 Å². The maximum absolute atomic E-state index is 12.2. The number of carbonyl (C=O) groups excluding carboxylic acids is 1. The largest absolute Gasteiger partial charge is 0.497 e. The van der Waals surface area contributed by atoms with Gasteiger partial charge in [-0.05, 0) is 49.7 Å². The zero-order valence-corrected chi connectivity index (χ0v) is 17.6. The van der Waals surface area contributed by atoms with Crippen molar-refractivity contribution in [3.63, 3.8) is 0 Å². The van der Waals surface area contributed by atoms with Gasteiger partial charge in [-0.2, -0.15) is 0 Å². The van der Waals surface area contributed by atoms with Gasteiger partial charge < -0.3 is 20.1 Å². The molecule has 2 aromatic carbocycles. The van der Waals surface area contributed by atoms with E-state index in [0.29, 0.717) is 18.9 Å². The van der Waals surface area contributed by atoms with Crippen LogP contribution in [-0.2, 0) is 10.0 Å². The minimum atomic E-state index is -3.64. The van der Waals surface area contributed by atoms with E-state index in [9.17, 15) is 13.2 Å². The summed E-state index contributed by atoms with van der Waals surface area (Å²) in [5.41, 5.74) is 2.20. The topological polar surface area (TPSA) is 106 Å². The molecule has 0 saturated carbocycles. The molecule has 0 radical (unpaired) electrons. The predicted molar refractivity (Wildman–Crippen MR) is 111 cm³/mol. The third-order valence-corrected chi connectivity index (χ3v) is 5.52. The molecule has 2 aromatic rings. The highest BCUT2D eigenvalue weighted by Gasteiger charge is 2.13. The molecule has 29 heavy (non-hydrogen) atoms. The highest BCUT2D eigenvalue weighted by atomic mass is 32.2. The van der Waals surface area contributed by atoms with Crippen LogP contribution < -0.4 is 24.8 Å². The minimum Gasteiger partial charge on any atom is -0.497 e. The van der Waals surface area contributed by atoms with Crippen LogP contribution in [0.4, 0.5) is 4.79 Å². The summed E-state index contributed by atoms with van der Waals surface area (Å²) in [5, 5.41) is 5.25. The molecule has 0 heterocycles. The van der Waals surface area contributed by atoms with Crippen molar-refractivity contribution in [2.24, 2.45) is 0 Å². The number of carbonyl (C=O) groups is 1. The Morgan fingerprint density at radius 2 is 1.66 bits per heavy atom. The van der Waals surface area contributed by atoms with E-state index < -0.39 is 16.1 Å². The standard InChI is InChI=1S/C20H27N3O5S/c1-15-4-9-19(16(2)14-15)28-13-12-22-20(24)21-10-11-23-29(25,26)18-7-5-17(27-3)6-8-18/h4-9,14,23H,10-13H2,1-3H3,(H2,21,22,24). The molecule has 0 atom stereocenters. The van der Waals surface area contributed by atoms with Gasteiger partial charge in [-0.15, -0.1) is 0 Å². The summed E-state index contributed by atoms with van der Waals surface area (Å²) in [6.07, 6.45) is 0. The molecule has 0 aliphatic rings. The number of amides is 2. The first-order valence-corrected chi connectivity index (χ1v) is 10.7. The third kappa shape index (κ3) is 7.28. The summed E-state index contributed by atoms with van der Waals surface area (Å²) in [6.45, 7) is 4.87. The van der Waals surface area contributed by atoms with Crippen molar-refractivity contribution < 1.29 is 22.7 Å². The van der Waals surface area contributed by atoms with Crippen molar-refractivity contribution in [2.45, 2.75) is 18.7 Å². The van der Waals surface area contributed by atoms with Crippen LogP contribution in [0.2, 0.25) is 0 Å². The molecule has 2 rings (SSSR count). The van der Waals surface area contributed by atoms with E-state index in [0.717, 1.165) is 16.9 Å². The molecule has 0 aliphatic heterocycles. The van der Waals surface area contributed by atoms with Crippen molar-refractivity contribution in [1.82, 2.24) is 15.4 Å². The smallest absolute Gasteiger partial charge is 0.314 e. The summed E-state index contributed by atoms with van der Waals surface area (Å²) in [7, 11) is -2.13. The molecule has 3 N–H and O–H groups in total. The number of hydrogen-bond donors (Lipinski definition) is 3. The number of nitrogens with one attached hydrogen (secondary N) is 3. The van der Waals surface area contributed by atoms with Gasteiger partial charge in [0.15, 0.2) is 0 Å². The number of urea groups is 1. The Kier molecular flexibility index (Phi) is 8.29. The Bertz CT molecular complexity index is 914. The molecule has 9 heteroatoms. The summed E-state index contributed by atoms with van der Waals surface area (Å²) in [4.78, 5) is 11.9. The molecule has 0 aromatic heterocycles. The summed E-state index contributed by atoms with van der Waals surface area (Å²) >= 11 is 0. The molecule has 0 saturated heterocycles. The second kappa shape index (κ2) is 10.7. The quantitative estimate of drug-likeness (QED) is 0.509. The lowest BCUT2D eigenvalue weighted by atomic mass is 10.1. The van der Waals surface area contributed by atoms with Gasteiger partial charge in [0.1, 0.15) is 18.1 Å². The number of ether oxygens (including phenoxy) is 2. The first-order chi connectivity index (χ1) is 13.8. The van der Waals surface area contributed by atoms with Gasteiger partial charge in [0.2, 0.25) is 10.0 Å². The van der Waals surface area contributed by atoms with Crippen LogP contribution in [0.3, 0.4) is 0 Å². The van der Waals surface area contributed by atoms with E-state index in [1.807, 2.05) is 32.0 Å². The Morgan fingerprint density at radius 1 is 0.966 bits per heavy atom. The number of aryl methyl sites for hydroxylation is 2. The van der Waals surface area contributed by atoms with Gasteiger partial charge in [-0.3, -0.25) is 0 Å². The maximum Gasteiger partial charge on any atom is 0.314 e. The third-order valence-electron chi connectivity index (χ3n) is 4.05. The van der Waals surface area contributed by atoms with Crippen LogP contribution in [0, 0.1) is 13.8 Å². The molecule has 0 fully saturated rings. The Morgan fingerprint density at radius 3 is 2.31 bits per heavy atom. The van der Waals surface area contributed by atoms with Crippen molar-refractivity contribution >= 4 is 16.1 Å². The molecule has 2 amide bonds. The average Bonchev–Trinajstić information content (AvgIpc) is 2.70.